The van der Waals surface area contributed by atoms with Gasteiger partial charge in [-0.1, -0.05) is 74.6 Å². The number of benzene rings is 2. The zero-order chi connectivity index (χ0) is 24.3. The number of rotatable bonds is 6. The van der Waals surface area contributed by atoms with Gasteiger partial charge in [0.25, 0.3) is 0 Å². The minimum absolute atomic E-state index is 0.138. The predicted molar refractivity (Wildman–Crippen MR) is 137 cm³/mol. The van der Waals surface area contributed by atoms with Gasteiger partial charge in [-0.05, 0) is 12.1 Å². The molecule has 0 spiro atoms. The number of aromatic nitrogens is 1. The number of methoxy groups -OCH3 is 1. The lowest BCUT2D eigenvalue weighted by molar-refractivity contribution is -0.123. The number of ketones is 1. The summed E-state index contributed by atoms with van der Waals surface area (Å²) >= 11 is 1.33. The standard InChI is InChI=1S/C26H30N4O3S/c1-26(2,3)24(32)27-23-22(21(31)18-10-6-5-7-11-18)34-25(28-23)30-16-14-29(15-17-30)19-12-8-9-13-20(19)33-4/h5-13H,14-17H2,1-4H3,(H,27,32). The Hall–Kier alpha value is -3.39. The second-order valence-corrected chi connectivity index (χ2v) is 10.2. The molecule has 0 bridgehead atoms. The van der Waals surface area contributed by atoms with Gasteiger partial charge in [-0.2, -0.15) is 0 Å². The fourth-order valence-corrected chi connectivity index (χ4v) is 4.76. The number of para-hydroxylation sites is 2. The highest BCUT2D eigenvalue weighted by atomic mass is 32.1. The Balaban J connectivity index is 1.57. The van der Waals surface area contributed by atoms with E-state index in [1.165, 1.54) is 11.3 Å². The van der Waals surface area contributed by atoms with Crippen LogP contribution in [0.2, 0.25) is 0 Å². The van der Waals surface area contributed by atoms with Crippen molar-refractivity contribution in [1.29, 1.82) is 0 Å². The maximum Gasteiger partial charge on any atom is 0.230 e. The zero-order valence-electron chi connectivity index (χ0n) is 20.0. The Morgan fingerprint density at radius 3 is 2.21 bits per heavy atom. The van der Waals surface area contributed by atoms with Crippen LogP contribution in [0.5, 0.6) is 5.75 Å². The summed E-state index contributed by atoms with van der Waals surface area (Å²) in [6, 6.07) is 17.1. The fraction of sp³-hybridized carbons (Fsp3) is 0.346. The van der Waals surface area contributed by atoms with E-state index in [9.17, 15) is 9.59 Å². The topological polar surface area (TPSA) is 74.8 Å². The summed E-state index contributed by atoms with van der Waals surface area (Å²) in [5, 5.41) is 3.64. The molecule has 178 valence electrons. The minimum Gasteiger partial charge on any atom is -0.495 e. The lowest BCUT2D eigenvalue weighted by Gasteiger charge is -2.36. The number of hydrogen-bond donors (Lipinski definition) is 1. The van der Waals surface area contributed by atoms with Gasteiger partial charge in [0.05, 0.1) is 12.8 Å². The third-order valence-electron chi connectivity index (χ3n) is 5.75. The third-order valence-corrected chi connectivity index (χ3v) is 6.86. The van der Waals surface area contributed by atoms with Crippen molar-refractivity contribution in [1.82, 2.24) is 4.98 Å². The van der Waals surface area contributed by atoms with Gasteiger partial charge in [-0.25, -0.2) is 4.98 Å². The summed E-state index contributed by atoms with van der Waals surface area (Å²) in [7, 11) is 1.68. The number of nitrogens with zero attached hydrogens (tertiary/aromatic N) is 3. The number of piperazine rings is 1. The Labute approximate surface area is 204 Å². The van der Waals surface area contributed by atoms with Crippen LogP contribution in [0.1, 0.15) is 36.0 Å². The average Bonchev–Trinajstić information content (AvgIpc) is 3.27. The molecule has 1 N–H and O–H groups in total. The minimum atomic E-state index is -0.600. The smallest absolute Gasteiger partial charge is 0.230 e. The van der Waals surface area contributed by atoms with Gasteiger partial charge in [0, 0.05) is 37.2 Å². The van der Waals surface area contributed by atoms with E-state index in [1.54, 1.807) is 19.2 Å². The van der Waals surface area contributed by atoms with Gasteiger partial charge in [0.2, 0.25) is 11.7 Å². The molecule has 0 aliphatic carbocycles. The van der Waals surface area contributed by atoms with Gasteiger partial charge < -0.3 is 19.9 Å². The summed E-state index contributed by atoms with van der Waals surface area (Å²) in [6.07, 6.45) is 0. The van der Waals surface area contributed by atoms with E-state index in [0.717, 1.165) is 42.7 Å². The molecule has 0 saturated carbocycles. The van der Waals surface area contributed by atoms with Crippen LogP contribution in [0, 0.1) is 5.41 Å². The summed E-state index contributed by atoms with van der Waals surface area (Å²) < 4.78 is 5.52. The van der Waals surface area contributed by atoms with Crippen molar-refractivity contribution in [2.45, 2.75) is 20.8 Å². The van der Waals surface area contributed by atoms with Crippen molar-refractivity contribution >= 4 is 39.7 Å². The van der Waals surface area contributed by atoms with Crippen LogP contribution in [0.3, 0.4) is 0 Å². The van der Waals surface area contributed by atoms with Crippen LogP contribution in [0.15, 0.2) is 54.6 Å². The van der Waals surface area contributed by atoms with Gasteiger partial charge in [-0.15, -0.1) is 0 Å². The molecule has 1 fully saturated rings. The van der Waals surface area contributed by atoms with Gasteiger partial charge >= 0.3 is 0 Å². The number of anilines is 3. The number of hydrogen-bond acceptors (Lipinski definition) is 7. The Morgan fingerprint density at radius 2 is 1.56 bits per heavy atom. The molecule has 8 heteroatoms. The van der Waals surface area contributed by atoms with E-state index in [-0.39, 0.29) is 11.7 Å². The van der Waals surface area contributed by atoms with E-state index in [2.05, 4.69) is 21.2 Å². The molecule has 1 aliphatic heterocycles. The van der Waals surface area contributed by atoms with Crippen molar-refractivity contribution < 1.29 is 14.3 Å². The van der Waals surface area contributed by atoms with Crippen molar-refractivity contribution in [3.05, 3.63) is 65.0 Å². The molecule has 0 radical (unpaired) electrons. The number of amides is 1. The summed E-state index contributed by atoms with van der Waals surface area (Å²) in [5.41, 5.74) is 1.05. The number of thiazole rings is 1. The zero-order valence-corrected chi connectivity index (χ0v) is 20.8. The molecule has 34 heavy (non-hydrogen) atoms. The number of carbonyl (C=O) groups excluding carboxylic acids is 2. The SMILES string of the molecule is COc1ccccc1N1CCN(c2nc(NC(=O)C(C)(C)C)c(C(=O)c3ccccc3)s2)CC1. The van der Waals surface area contributed by atoms with Crippen LogP contribution < -0.4 is 19.9 Å². The summed E-state index contributed by atoms with van der Waals surface area (Å²) in [4.78, 5) is 35.6. The maximum atomic E-state index is 13.3. The second-order valence-electron chi connectivity index (χ2n) is 9.22. The molecule has 0 unspecified atom stereocenters. The molecule has 1 saturated heterocycles. The molecule has 2 aromatic carbocycles. The van der Waals surface area contributed by atoms with E-state index in [4.69, 9.17) is 9.72 Å². The van der Waals surface area contributed by atoms with Crippen LogP contribution in [0.25, 0.3) is 0 Å². The molecule has 2 heterocycles. The first-order chi connectivity index (χ1) is 16.3. The van der Waals surface area contributed by atoms with Crippen LogP contribution in [0.4, 0.5) is 16.6 Å². The van der Waals surface area contributed by atoms with E-state index in [0.29, 0.717) is 16.3 Å². The fourth-order valence-electron chi connectivity index (χ4n) is 3.73. The van der Waals surface area contributed by atoms with Crippen LogP contribution in [-0.4, -0.2) is 50.0 Å². The second kappa shape index (κ2) is 9.85. The molecule has 1 aromatic heterocycles. The highest BCUT2D eigenvalue weighted by Gasteiger charge is 2.29. The quantitative estimate of drug-likeness (QED) is 0.518. The van der Waals surface area contributed by atoms with Crippen LogP contribution >= 0.6 is 11.3 Å². The third kappa shape index (κ3) is 5.07. The normalized spacial score (nSPS) is 14.1. The van der Waals surface area contributed by atoms with E-state index < -0.39 is 5.41 Å². The van der Waals surface area contributed by atoms with Gasteiger partial charge in [-0.3, -0.25) is 9.59 Å². The highest BCUT2D eigenvalue weighted by molar-refractivity contribution is 7.18. The molecule has 4 rings (SSSR count). The molecule has 1 aliphatic rings. The lowest BCUT2D eigenvalue weighted by atomic mass is 9.96. The molecule has 7 nitrogen and oxygen atoms in total. The first-order valence-electron chi connectivity index (χ1n) is 11.3. The summed E-state index contributed by atoms with van der Waals surface area (Å²) in [5.74, 6) is 0.878. The monoisotopic (exact) mass is 478 g/mol. The summed E-state index contributed by atoms with van der Waals surface area (Å²) in [6.45, 7) is 8.60. The van der Waals surface area contributed by atoms with E-state index in [1.807, 2.05) is 57.2 Å². The lowest BCUT2D eigenvalue weighted by Crippen LogP contribution is -2.46. The maximum absolute atomic E-state index is 13.3. The molecular formula is C26H30N4O3S. The van der Waals surface area contributed by atoms with E-state index >= 15 is 0 Å². The van der Waals surface area contributed by atoms with Crippen molar-refractivity contribution in [2.75, 3.05) is 48.4 Å². The molecular weight excluding hydrogens is 448 g/mol. The van der Waals surface area contributed by atoms with Crippen LogP contribution in [-0.2, 0) is 4.79 Å². The predicted octanol–water partition coefficient (Wildman–Crippen LogP) is 4.69. The molecule has 1 amide bonds. The Kier molecular flexibility index (Phi) is 6.88. The molecule has 0 atom stereocenters. The Morgan fingerprint density at radius 1 is 0.941 bits per heavy atom. The Bertz CT molecular complexity index is 1160. The first-order valence-corrected chi connectivity index (χ1v) is 12.1. The van der Waals surface area contributed by atoms with Gasteiger partial charge in [0.15, 0.2) is 10.9 Å². The van der Waals surface area contributed by atoms with Crippen molar-refractivity contribution in [3.63, 3.8) is 0 Å². The molecule has 3 aromatic rings. The number of carbonyl (C=O) groups is 2. The first kappa shape index (κ1) is 23.8. The number of ether oxygens (including phenoxy) is 1. The van der Waals surface area contributed by atoms with Crippen molar-refractivity contribution in [2.24, 2.45) is 5.41 Å². The van der Waals surface area contributed by atoms with Crippen molar-refractivity contribution in [3.8, 4) is 5.75 Å². The number of nitrogens with one attached hydrogen (secondary N) is 1. The highest BCUT2D eigenvalue weighted by Crippen LogP contribution is 2.35. The van der Waals surface area contributed by atoms with Gasteiger partial charge in [0.1, 0.15) is 10.6 Å². The largest absolute Gasteiger partial charge is 0.495 e. The average molecular weight is 479 g/mol.